The smallest absolute Gasteiger partial charge is 0.254 e. The number of benzene rings is 1. The monoisotopic (exact) mass is 277 g/mol. The van der Waals surface area contributed by atoms with E-state index in [1.807, 2.05) is 0 Å². The lowest BCUT2D eigenvalue weighted by molar-refractivity contribution is 0.458. The van der Waals surface area contributed by atoms with Crippen LogP contribution in [0.5, 0.6) is 11.6 Å². The molecule has 0 aliphatic heterocycles. The summed E-state index contributed by atoms with van der Waals surface area (Å²) in [4.78, 5) is 18.6. The van der Waals surface area contributed by atoms with E-state index in [9.17, 15) is 4.79 Å². The first-order valence-corrected chi connectivity index (χ1v) is 6.34. The molecule has 1 aromatic carbocycles. The summed E-state index contributed by atoms with van der Waals surface area (Å²) >= 11 is 6.01. The normalized spacial score (nSPS) is 14.4. The fourth-order valence-corrected chi connectivity index (χ4v) is 1.92. The van der Waals surface area contributed by atoms with Crippen LogP contribution < -0.4 is 16.0 Å². The first-order valence-electron chi connectivity index (χ1n) is 5.96. The molecular formula is C13H12ClN3O2. The summed E-state index contributed by atoms with van der Waals surface area (Å²) in [6.07, 6.45) is 2.09. The summed E-state index contributed by atoms with van der Waals surface area (Å²) in [6.45, 7) is 0. The number of ether oxygens (including phenoxy) is 1. The van der Waals surface area contributed by atoms with E-state index < -0.39 is 0 Å². The average molecular weight is 278 g/mol. The molecule has 0 radical (unpaired) electrons. The van der Waals surface area contributed by atoms with Crippen molar-refractivity contribution >= 4 is 17.3 Å². The molecule has 1 aromatic heterocycles. The number of hydrogen-bond acceptors (Lipinski definition) is 4. The maximum absolute atomic E-state index is 11.6. The minimum atomic E-state index is -0.230. The lowest BCUT2D eigenvalue weighted by Gasteiger charge is -2.08. The molecule has 3 rings (SSSR count). The standard InChI is InChI=1S/C13H12ClN3O2/c14-9-4-3-8(15)5-10(9)19-12-6-11(18)16-13(17-12)7-1-2-7/h3-7H,1-2,15H2,(H,16,17,18). The number of nitrogens with zero attached hydrogens (tertiary/aromatic N) is 1. The van der Waals surface area contributed by atoms with Crippen molar-refractivity contribution in [1.82, 2.24) is 9.97 Å². The molecule has 0 amide bonds. The van der Waals surface area contributed by atoms with Gasteiger partial charge in [0.15, 0.2) is 0 Å². The number of rotatable bonds is 3. The van der Waals surface area contributed by atoms with E-state index in [1.54, 1.807) is 18.2 Å². The van der Waals surface area contributed by atoms with Crippen LogP contribution in [0.3, 0.4) is 0 Å². The summed E-state index contributed by atoms with van der Waals surface area (Å²) in [6, 6.07) is 6.21. The van der Waals surface area contributed by atoms with Crippen LogP contribution in [0.1, 0.15) is 24.6 Å². The summed E-state index contributed by atoms with van der Waals surface area (Å²) in [5.74, 6) is 1.63. The molecule has 1 aliphatic rings. The third-order valence-corrected chi connectivity index (χ3v) is 3.18. The zero-order chi connectivity index (χ0) is 13.4. The number of aromatic amines is 1. The van der Waals surface area contributed by atoms with Gasteiger partial charge in [-0.3, -0.25) is 4.79 Å². The van der Waals surface area contributed by atoms with Gasteiger partial charge in [-0.1, -0.05) is 11.6 Å². The van der Waals surface area contributed by atoms with E-state index in [1.165, 1.54) is 6.07 Å². The maximum Gasteiger partial charge on any atom is 0.254 e. The lowest BCUT2D eigenvalue weighted by atomic mass is 10.3. The second-order valence-electron chi connectivity index (χ2n) is 4.54. The zero-order valence-corrected chi connectivity index (χ0v) is 10.8. The number of aromatic nitrogens is 2. The second kappa shape index (κ2) is 4.59. The number of nitrogens with two attached hydrogens (primary N) is 1. The molecule has 0 spiro atoms. The molecule has 3 N–H and O–H groups in total. The molecular weight excluding hydrogens is 266 g/mol. The van der Waals surface area contributed by atoms with Gasteiger partial charge in [0.05, 0.1) is 11.1 Å². The Balaban J connectivity index is 1.94. The molecule has 5 nitrogen and oxygen atoms in total. The first kappa shape index (κ1) is 12.0. The number of anilines is 1. The minimum Gasteiger partial charge on any atom is -0.437 e. The average Bonchev–Trinajstić information content (AvgIpc) is 3.17. The zero-order valence-electron chi connectivity index (χ0n) is 10.0. The molecule has 6 heteroatoms. The Kier molecular flexibility index (Phi) is 2.91. The first-order chi connectivity index (χ1) is 9.11. The lowest BCUT2D eigenvalue weighted by Crippen LogP contribution is -2.10. The second-order valence-corrected chi connectivity index (χ2v) is 4.94. The molecule has 1 heterocycles. The van der Waals surface area contributed by atoms with Gasteiger partial charge in [-0.25, -0.2) is 0 Å². The summed E-state index contributed by atoms with van der Waals surface area (Å²) in [5.41, 5.74) is 5.98. The van der Waals surface area contributed by atoms with E-state index in [2.05, 4.69) is 9.97 Å². The Labute approximate surface area is 114 Å². The van der Waals surface area contributed by atoms with Crippen LogP contribution in [0, 0.1) is 0 Å². The highest BCUT2D eigenvalue weighted by Crippen LogP contribution is 2.38. The van der Waals surface area contributed by atoms with Crippen molar-refractivity contribution in [3.63, 3.8) is 0 Å². The highest BCUT2D eigenvalue weighted by atomic mass is 35.5. The Morgan fingerprint density at radius 3 is 2.89 bits per heavy atom. The number of H-pyrrole nitrogens is 1. The van der Waals surface area contributed by atoms with E-state index in [4.69, 9.17) is 22.1 Å². The number of nitrogen functional groups attached to an aromatic ring is 1. The van der Waals surface area contributed by atoms with Crippen LogP contribution in [0.4, 0.5) is 5.69 Å². The largest absolute Gasteiger partial charge is 0.437 e. The molecule has 0 bridgehead atoms. The number of halogens is 1. The van der Waals surface area contributed by atoms with E-state index in [0.29, 0.717) is 28.2 Å². The third kappa shape index (κ3) is 2.71. The number of nitrogens with one attached hydrogen (secondary N) is 1. The summed E-state index contributed by atoms with van der Waals surface area (Å²) in [5, 5.41) is 0.421. The minimum absolute atomic E-state index is 0.230. The van der Waals surface area contributed by atoms with Crippen molar-refractivity contribution in [2.75, 3.05) is 5.73 Å². The third-order valence-electron chi connectivity index (χ3n) is 2.87. The fourth-order valence-electron chi connectivity index (χ4n) is 1.77. The van der Waals surface area contributed by atoms with Crippen molar-refractivity contribution in [3.8, 4) is 11.6 Å². The Bertz CT molecular complexity index is 680. The van der Waals surface area contributed by atoms with E-state index >= 15 is 0 Å². The fraction of sp³-hybridized carbons (Fsp3) is 0.231. The van der Waals surface area contributed by atoms with Crippen LogP contribution in [0.15, 0.2) is 29.1 Å². The van der Waals surface area contributed by atoms with Gasteiger partial charge in [0, 0.05) is 17.7 Å². The summed E-state index contributed by atoms with van der Waals surface area (Å²) < 4.78 is 5.55. The van der Waals surface area contributed by atoms with Crippen LogP contribution in [-0.4, -0.2) is 9.97 Å². The molecule has 1 saturated carbocycles. The van der Waals surface area contributed by atoms with Crippen molar-refractivity contribution in [1.29, 1.82) is 0 Å². The van der Waals surface area contributed by atoms with E-state index in [0.717, 1.165) is 12.8 Å². The van der Waals surface area contributed by atoms with Crippen molar-refractivity contribution < 1.29 is 4.74 Å². The van der Waals surface area contributed by atoms with Gasteiger partial charge < -0.3 is 15.5 Å². The van der Waals surface area contributed by atoms with Gasteiger partial charge in [0.2, 0.25) is 5.88 Å². The molecule has 0 atom stereocenters. The SMILES string of the molecule is Nc1ccc(Cl)c(Oc2cc(=O)[nH]c(C3CC3)n2)c1. The topological polar surface area (TPSA) is 81.0 Å². The van der Waals surface area contributed by atoms with Crippen molar-refractivity contribution in [2.24, 2.45) is 0 Å². The molecule has 1 aliphatic carbocycles. The van der Waals surface area contributed by atoms with Crippen molar-refractivity contribution in [2.45, 2.75) is 18.8 Å². The molecule has 1 fully saturated rings. The molecule has 98 valence electrons. The van der Waals surface area contributed by atoms with Crippen molar-refractivity contribution in [3.05, 3.63) is 45.5 Å². The highest BCUT2D eigenvalue weighted by Gasteiger charge is 2.26. The summed E-state index contributed by atoms with van der Waals surface area (Å²) in [7, 11) is 0. The molecule has 19 heavy (non-hydrogen) atoms. The van der Waals surface area contributed by atoms with Gasteiger partial charge >= 0.3 is 0 Å². The predicted octanol–water partition coefficient (Wildman–Crippen LogP) is 2.68. The highest BCUT2D eigenvalue weighted by molar-refractivity contribution is 6.32. The van der Waals surface area contributed by atoms with Gasteiger partial charge in [0.25, 0.3) is 5.56 Å². The Morgan fingerprint density at radius 1 is 1.37 bits per heavy atom. The van der Waals surface area contributed by atoms with Gasteiger partial charge in [-0.2, -0.15) is 4.98 Å². The Hall–Kier alpha value is -2.01. The maximum atomic E-state index is 11.6. The molecule has 2 aromatic rings. The van der Waals surface area contributed by atoms with Crippen LogP contribution >= 0.6 is 11.6 Å². The number of hydrogen-bond donors (Lipinski definition) is 2. The van der Waals surface area contributed by atoms with Crippen LogP contribution in [0.25, 0.3) is 0 Å². The molecule has 0 saturated heterocycles. The van der Waals surface area contributed by atoms with Gasteiger partial charge in [-0.15, -0.1) is 0 Å². The van der Waals surface area contributed by atoms with Gasteiger partial charge in [-0.05, 0) is 25.0 Å². The van der Waals surface area contributed by atoms with Crippen LogP contribution in [-0.2, 0) is 0 Å². The van der Waals surface area contributed by atoms with Gasteiger partial charge in [0.1, 0.15) is 11.6 Å². The van der Waals surface area contributed by atoms with Crippen LogP contribution in [0.2, 0.25) is 5.02 Å². The Morgan fingerprint density at radius 2 is 2.16 bits per heavy atom. The van der Waals surface area contributed by atoms with E-state index in [-0.39, 0.29) is 11.4 Å². The molecule has 0 unspecified atom stereocenters. The predicted molar refractivity (Wildman–Crippen MR) is 72.8 cm³/mol. The quantitative estimate of drug-likeness (QED) is 0.845.